The third-order valence-corrected chi connectivity index (χ3v) is 7.08. The molecule has 202 valence electrons. The quantitative estimate of drug-likeness (QED) is 0.446. The van der Waals surface area contributed by atoms with Crippen molar-refractivity contribution in [3.63, 3.8) is 0 Å². The SMILES string of the molecule is COc1cccc(CN(C(=O)CCCN(c2ccc3c(c2)OCO3)S(C)(=O)=O)[C@@H](C)C(=O)NC(C)C)c1. The summed E-state index contributed by atoms with van der Waals surface area (Å²) in [5, 5.41) is 2.86. The number of benzene rings is 2. The van der Waals surface area contributed by atoms with Crippen LogP contribution in [0.2, 0.25) is 0 Å². The molecule has 0 radical (unpaired) electrons. The number of rotatable bonds is 12. The van der Waals surface area contributed by atoms with E-state index >= 15 is 0 Å². The zero-order valence-corrected chi connectivity index (χ0v) is 22.7. The van der Waals surface area contributed by atoms with Crippen molar-refractivity contribution in [1.82, 2.24) is 10.2 Å². The van der Waals surface area contributed by atoms with E-state index in [4.69, 9.17) is 14.2 Å². The average molecular weight is 534 g/mol. The third-order valence-electron chi connectivity index (χ3n) is 5.88. The molecule has 1 heterocycles. The van der Waals surface area contributed by atoms with Gasteiger partial charge in [0.1, 0.15) is 11.8 Å². The van der Waals surface area contributed by atoms with Crippen molar-refractivity contribution in [3.05, 3.63) is 48.0 Å². The summed E-state index contributed by atoms with van der Waals surface area (Å²) in [6.07, 6.45) is 1.43. The van der Waals surface area contributed by atoms with Gasteiger partial charge < -0.3 is 24.4 Å². The molecule has 0 saturated heterocycles. The molecule has 37 heavy (non-hydrogen) atoms. The van der Waals surface area contributed by atoms with Crippen LogP contribution in [0.25, 0.3) is 0 Å². The molecule has 0 fully saturated rings. The van der Waals surface area contributed by atoms with Gasteiger partial charge in [-0.3, -0.25) is 13.9 Å². The molecule has 0 aliphatic carbocycles. The van der Waals surface area contributed by atoms with Crippen LogP contribution in [0.5, 0.6) is 17.2 Å². The topological polar surface area (TPSA) is 114 Å². The van der Waals surface area contributed by atoms with Crippen LogP contribution in [0.4, 0.5) is 5.69 Å². The number of ether oxygens (including phenoxy) is 3. The highest BCUT2D eigenvalue weighted by molar-refractivity contribution is 7.92. The van der Waals surface area contributed by atoms with Crippen LogP contribution in [0, 0.1) is 0 Å². The number of fused-ring (bicyclic) bond motifs is 1. The van der Waals surface area contributed by atoms with Gasteiger partial charge in [0, 0.05) is 31.6 Å². The van der Waals surface area contributed by atoms with E-state index in [2.05, 4.69) is 5.32 Å². The fourth-order valence-corrected chi connectivity index (χ4v) is 4.96. The fraction of sp³-hybridized carbons (Fsp3) is 0.462. The molecule has 1 atom stereocenters. The van der Waals surface area contributed by atoms with Crippen molar-refractivity contribution in [2.24, 2.45) is 0 Å². The van der Waals surface area contributed by atoms with E-state index in [-0.39, 0.29) is 50.6 Å². The largest absolute Gasteiger partial charge is 0.497 e. The molecule has 0 unspecified atom stereocenters. The van der Waals surface area contributed by atoms with Crippen LogP contribution in [0.1, 0.15) is 39.2 Å². The van der Waals surface area contributed by atoms with Gasteiger partial charge in [-0.25, -0.2) is 8.42 Å². The van der Waals surface area contributed by atoms with Gasteiger partial charge >= 0.3 is 0 Å². The first-order chi connectivity index (χ1) is 17.5. The minimum Gasteiger partial charge on any atom is -0.497 e. The molecule has 11 heteroatoms. The van der Waals surface area contributed by atoms with Crippen LogP contribution < -0.4 is 23.8 Å². The van der Waals surface area contributed by atoms with E-state index in [1.807, 2.05) is 32.0 Å². The summed E-state index contributed by atoms with van der Waals surface area (Å²) in [7, 11) is -2.06. The smallest absolute Gasteiger partial charge is 0.242 e. The van der Waals surface area contributed by atoms with Crippen LogP contribution in [0.15, 0.2) is 42.5 Å². The van der Waals surface area contributed by atoms with Crippen molar-refractivity contribution in [2.75, 3.05) is 31.0 Å². The summed E-state index contributed by atoms with van der Waals surface area (Å²) in [5.74, 6) is 1.15. The number of sulfonamides is 1. The maximum atomic E-state index is 13.4. The summed E-state index contributed by atoms with van der Waals surface area (Å²) in [6, 6.07) is 11.4. The van der Waals surface area contributed by atoms with Crippen molar-refractivity contribution in [1.29, 1.82) is 0 Å². The summed E-state index contributed by atoms with van der Waals surface area (Å²) >= 11 is 0. The Bertz CT molecular complexity index is 1220. The Morgan fingerprint density at radius 1 is 1.08 bits per heavy atom. The third kappa shape index (κ3) is 7.51. The second-order valence-corrected chi connectivity index (χ2v) is 11.1. The molecule has 2 aromatic rings. The monoisotopic (exact) mass is 533 g/mol. The second-order valence-electron chi connectivity index (χ2n) is 9.19. The van der Waals surface area contributed by atoms with Crippen LogP contribution >= 0.6 is 0 Å². The van der Waals surface area contributed by atoms with Gasteiger partial charge in [0.15, 0.2) is 11.5 Å². The second kappa shape index (κ2) is 12.2. The molecule has 1 N–H and O–H groups in total. The van der Waals surface area contributed by atoms with E-state index in [1.54, 1.807) is 38.3 Å². The minimum absolute atomic E-state index is 0.0554. The lowest BCUT2D eigenvalue weighted by Crippen LogP contribution is -2.49. The summed E-state index contributed by atoms with van der Waals surface area (Å²) in [5.41, 5.74) is 1.24. The molecule has 0 spiro atoms. The van der Waals surface area contributed by atoms with E-state index in [1.165, 1.54) is 9.21 Å². The molecular formula is C26H35N3O7S. The summed E-state index contributed by atoms with van der Waals surface area (Å²) in [4.78, 5) is 27.6. The molecule has 2 amide bonds. The Balaban J connectivity index is 1.74. The van der Waals surface area contributed by atoms with E-state index in [0.717, 1.165) is 11.8 Å². The Morgan fingerprint density at radius 2 is 1.81 bits per heavy atom. The summed E-state index contributed by atoms with van der Waals surface area (Å²) in [6.45, 7) is 5.77. The molecular weight excluding hydrogens is 498 g/mol. The molecule has 0 aromatic heterocycles. The van der Waals surface area contributed by atoms with Crippen molar-refractivity contribution in [2.45, 2.75) is 52.2 Å². The van der Waals surface area contributed by atoms with Crippen molar-refractivity contribution in [3.8, 4) is 17.2 Å². The van der Waals surface area contributed by atoms with E-state index < -0.39 is 16.1 Å². The number of hydrogen-bond acceptors (Lipinski definition) is 7. The highest BCUT2D eigenvalue weighted by atomic mass is 32.2. The van der Waals surface area contributed by atoms with Crippen LogP contribution in [0.3, 0.4) is 0 Å². The zero-order valence-electron chi connectivity index (χ0n) is 21.9. The van der Waals surface area contributed by atoms with Gasteiger partial charge in [0.05, 0.1) is 19.1 Å². The van der Waals surface area contributed by atoms with Crippen LogP contribution in [-0.4, -0.2) is 63.9 Å². The molecule has 0 bridgehead atoms. The first kappa shape index (κ1) is 28.1. The average Bonchev–Trinajstić information content (AvgIpc) is 3.31. The lowest BCUT2D eigenvalue weighted by atomic mass is 10.1. The predicted octanol–water partition coefficient (Wildman–Crippen LogP) is 2.91. The number of nitrogens with zero attached hydrogens (tertiary/aromatic N) is 2. The maximum absolute atomic E-state index is 13.4. The van der Waals surface area contributed by atoms with Gasteiger partial charge in [-0.2, -0.15) is 0 Å². The predicted molar refractivity (Wildman–Crippen MR) is 140 cm³/mol. The highest BCUT2D eigenvalue weighted by Crippen LogP contribution is 2.36. The molecule has 2 aromatic carbocycles. The standard InChI is InChI=1S/C26H35N3O7S/c1-18(2)27-26(31)19(3)28(16-20-8-6-9-22(14-20)34-4)25(30)10-7-13-29(37(5,32)33)21-11-12-23-24(15-21)36-17-35-23/h6,8-9,11-12,14-15,18-19H,7,10,13,16-17H2,1-5H3,(H,27,31)/t19-/m0/s1. The van der Waals surface area contributed by atoms with Gasteiger partial charge in [-0.15, -0.1) is 0 Å². The van der Waals surface area contributed by atoms with Gasteiger partial charge in [-0.05, 0) is 57.0 Å². The molecule has 1 aliphatic heterocycles. The van der Waals surface area contributed by atoms with Crippen molar-refractivity contribution >= 4 is 27.5 Å². The lowest BCUT2D eigenvalue weighted by molar-refractivity contribution is -0.140. The summed E-state index contributed by atoms with van der Waals surface area (Å²) < 4.78 is 42.3. The molecule has 0 saturated carbocycles. The number of amides is 2. The Hall–Kier alpha value is -3.47. The molecule has 10 nitrogen and oxygen atoms in total. The number of anilines is 1. The van der Waals surface area contributed by atoms with Gasteiger partial charge in [0.25, 0.3) is 0 Å². The van der Waals surface area contributed by atoms with Gasteiger partial charge in [-0.1, -0.05) is 12.1 Å². The Kier molecular flexibility index (Phi) is 9.25. The normalized spacial score (nSPS) is 13.2. The number of methoxy groups -OCH3 is 1. The van der Waals surface area contributed by atoms with E-state index in [0.29, 0.717) is 22.9 Å². The van der Waals surface area contributed by atoms with Crippen LogP contribution in [-0.2, 0) is 26.2 Å². The maximum Gasteiger partial charge on any atom is 0.242 e. The fourth-order valence-electron chi connectivity index (χ4n) is 4.00. The lowest BCUT2D eigenvalue weighted by Gasteiger charge is -2.30. The van der Waals surface area contributed by atoms with Gasteiger partial charge in [0.2, 0.25) is 28.6 Å². The minimum atomic E-state index is -3.62. The first-order valence-electron chi connectivity index (χ1n) is 12.1. The number of hydrogen-bond donors (Lipinski definition) is 1. The zero-order chi connectivity index (χ0) is 27.2. The van der Waals surface area contributed by atoms with E-state index in [9.17, 15) is 18.0 Å². The molecule has 3 rings (SSSR count). The Morgan fingerprint density at radius 3 is 2.49 bits per heavy atom. The number of carbonyl (C=O) groups is 2. The Labute approximate surface area is 218 Å². The number of nitrogens with one attached hydrogen (secondary N) is 1. The highest BCUT2D eigenvalue weighted by Gasteiger charge is 2.27. The number of carbonyl (C=O) groups excluding carboxylic acids is 2. The first-order valence-corrected chi connectivity index (χ1v) is 13.9. The van der Waals surface area contributed by atoms with Crippen molar-refractivity contribution < 1.29 is 32.2 Å². The molecule has 1 aliphatic rings.